The predicted molar refractivity (Wildman–Crippen MR) is 77.7 cm³/mol. The smallest absolute Gasteiger partial charge is 0.236 e. The van der Waals surface area contributed by atoms with Crippen molar-refractivity contribution in [1.82, 2.24) is 15.5 Å². The molecule has 1 amide bonds. The van der Waals surface area contributed by atoms with Crippen molar-refractivity contribution in [1.29, 1.82) is 0 Å². The van der Waals surface area contributed by atoms with Crippen molar-refractivity contribution in [2.24, 2.45) is 5.92 Å². The van der Waals surface area contributed by atoms with Gasteiger partial charge in [-0.05, 0) is 45.4 Å². The molecule has 1 atom stereocenters. The Bertz CT molecular complexity index is 215. The molecule has 0 fully saturated rings. The summed E-state index contributed by atoms with van der Waals surface area (Å²) in [5.41, 5.74) is 0. The summed E-state index contributed by atoms with van der Waals surface area (Å²) < 4.78 is 0. The van der Waals surface area contributed by atoms with E-state index in [1.54, 1.807) is 0 Å². The van der Waals surface area contributed by atoms with Crippen molar-refractivity contribution in [3.63, 3.8) is 0 Å². The first-order valence-corrected chi connectivity index (χ1v) is 7.24. The SMILES string of the molecule is CCN(CC)CCCNC(C)C(=O)NCC(C)C. The maximum Gasteiger partial charge on any atom is 0.236 e. The number of nitrogens with one attached hydrogen (secondary N) is 2. The minimum atomic E-state index is -0.0968. The van der Waals surface area contributed by atoms with Gasteiger partial charge in [0.2, 0.25) is 5.91 Å². The first-order valence-electron chi connectivity index (χ1n) is 7.24. The van der Waals surface area contributed by atoms with Crippen molar-refractivity contribution in [3.05, 3.63) is 0 Å². The molecule has 2 N–H and O–H groups in total. The lowest BCUT2D eigenvalue weighted by atomic mass is 10.2. The highest BCUT2D eigenvalue weighted by Gasteiger charge is 2.11. The molecule has 0 saturated heterocycles. The highest BCUT2D eigenvalue weighted by atomic mass is 16.2. The molecule has 4 nitrogen and oxygen atoms in total. The van der Waals surface area contributed by atoms with Gasteiger partial charge in [-0.3, -0.25) is 4.79 Å². The van der Waals surface area contributed by atoms with Crippen molar-refractivity contribution in [3.8, 4) is 0 Å². The Morgan fingerprint density at radius 1 is 1.17 bits per heavy atom. The summed E-state index contributed by atoms with van der Waals surface area (Å²) in [4.78, 5) is 14.1. The fraction of sp³-hybridized carbons (Fsp3) is 0.929. The van der Waals surface area contributed by atoms with Gasteiger partial charge in [0.25, 0.3) is 0 Å². The first-order chi connectivity index (χ1) is 8.51. The summed E-state index contributed by atoms with van der Waals surface area (Å²) in [6.07, 6.45) is 1.09. The molecule has 0 rings (SSSR count). The molecule has 0 aliphatic heterocycles. The van der Waals surface area contributed by atoms with Gasteiger partial charge in [-0.15, -0.1) is 0 Å². The molecule has 4 heteroatoms. The molecule has 0 aromatic rings. The fourth-order valence-electron chi connectivity index (χ4n) is 1.71. The second-order valence-electron chi connectivity index (χ2n) is 5.20. The van der Waals surface area contributed by atoms with E-state index in [1.807, 2.05) is 6.92 Å². The van der Waals surface area contributed by atoms with Gasteiger partial charge in [0.1, 0.15) is 0 Å². The van der Waals surface area contributed by atoms with Gasteiger partial charge >= 0.3 is 0 Å². The Labute approximate surface area is 113 Å². The Morgan fingerprint density at radius 2 is 1.78 bits per heavy atom. The van der Waals surface area contributed by atoms with Crippen LogP contribution < -0.4 is 10.6 Å². The van der Waals surface area contributed by atoms with Crippen molar-refractivity contribution in [2.45, 2.75) is 47.1 Å². The Morgan fingerprint density at radius 3 is 2.28 bits per heavy atom. The lowest BCUT2D eigenvalue weighted by molar-refractivity contribution is -0.122. The van der Waals surface area contributed by atoms with Crippen molar-refractivity contribution < 1.29 is 4.79 Å². The quantitative estimate of drug-likeness (QED) is 0.583. The molecule has 0 radical (unpaired) electrons. The van der Waals surface area contributed by atoms with Crippen LogP contribution in [0.4, 0.5) is 0 Å². The van der Waals surface area contributed by atoms with Crippen LogP contribution in [-0.2, 0) is 4.79 Å². The second kappa shape index (κ2) is 10.3. The van der Waals surface area contributed by atoms with Crippen LogP contribution in [0.3, 0.4) is 0 Å². The Kier molecular flexibility index (Phi) is 9.98. The molecule has 0 aliphatic carbocycles. The van der Waals surface area contributed by atoms with Gasteiger partial charge in [-0.1, -0.05) is 27.7 Å². The molecule has 1 unspecified atom stereocenters. The van der Waals surface area contributed by atoms with Crippen LogP contribution >= 0.6 is 0 Å². The van der Waals surface area contributed by atoms with Crippen LogP contribution in [0.2, 0.25) is 0 Å². The summed E-state index contributed by atoms with van der Waals surface area (Å²) in [5.74, 6) is 0.607. The van der Waals surface area contributed by atoms with E-state index in [9.17, 15) is 4.79 Å². The summed E-state index contributed by atoms with van der Waals surface area (Å²) in [7, 11) is 0. The van der Waals surface area contributed by atoms with Crippen LogP contribution in [0.1, 0.15) is 41.0 Å². The van der Waals surface area contributed by atoms with Crippen molar-refractivity contribution >= 4 is 5.91 Å². The Hall–Kier alpha value is -0.610. The van der Waals surface area contributed by atoms with Crippen LogP contribution in [0, 0.1) is 5.92 Å². The average Bonchev–Trinajstić information content (AvgIpc) is 2.35. The number of hydrogen-bond acceptors (Lipinski definition) is 3. The molecule has 18 heavy (non-hydrogen) atoms. The van der Waals surface area contributed by atoms with Crippen LogP contribution in [0.15, 0.2) is 0 Å². The number of rotatable bonds is 10. The number of carbonyl (C=O) groups excluding carboxylic acids is 1. The zero-order chi connectivity index (χ0) is 14.0. The number of carbonyl (C=O) groups is 1. The van der Waals surface area contributed by atoms with E-state index < -0.39 is 0 Å². The predicted octanol–water partition coefficient (Wildman–Crippen LogP) is 1.47. The molecule has 0 aromatic heterocycles. The van der Waals surface area contributed by atoms with Crippen LogP contribution in [0.25, 0.3) is 0 Å². The molecular formula is C14H31N3O. The van der Waals surface area contributed by atoms with Gasteiger partial charge < -0.3 is 15.5 Å². The maximum absolute atomic E-state index is 11.7. The van der Waals surface area contributed by atoms with E-state index in [4.69, 9.17) is 0 Å². The lowest BCUT2D eigenvalue weighted by Gasteiger charge is -2.19. The van der Waals surface area contributed by atoms with Crippen LogP contribution in [-0.4, -0.2) is 49.6 Å². The largest absolute Gasteiger partial charge is 0.354 e. The molecule has 0 saturated carbocycles. The molecule has 0 bridgehead atoms. The molecule has 108 valence electrons. The summed E-state index contributed by atoms with van der Waals surface area (Å²) in [6, 6.07) is -0.0968. The van der Waals surface area contributed by atoms with E-state index in [0.717, 1.165) is 39.1 Å². The summed E-state index contributed by atoms with van der Waals surface area (Å²) in [5, 5.41) is 6.21. The van der Waals surface area contributed by atoms with E-state index in [0.29, 0.717) is 5.92 Å². The third-order valence-corrected chi connectivity index (χ3v) is 3.07. The minimum absolute atomic E-state index is 0.0968. The molecule has 0 aliphatic rings. The normalized spacial score (nSPS) is 13.1. The van der Waals surface area contributed by atoms with Crippen molar-refractivity contribution in [2.75, 3.05) is 32.7 Å². The Balaban J connectivity index is 3.63. The van der Waals surface area contributed by atoms with E-state index in [2.05, 4.69) is 43.2 Å². The number of nitrogens with zero attached hydrogens (tertiary/aromatic N) is 1. The maximum atomic E-state index is 11.7. The molecule has 0 heterocycles. The van der Waals surface area contributed by atoms with E-state index >= 15 is 0 Å². The zero-order valence-corrected chi connectivity index (χ0v) is 12.8. The summed E-state index contributed by atoms with van der Waals surface area (Å²) in [6.45, 7) is 15.4. The third-order valence-electron chi connectivity index (χ3n) is 3.07. The highest BCUT2D eigenvalue weighted by Crippen LogP contribution is 1.92. The second-order valence-corrected chi connectivity index (χ2v) is 5.20. The monoisotopic (exact) mass is 257 g/mol. The zero-order valence-electron chi connectivity index (χ0n) is 12.8. The average molecular weight is 257 g/mol. The van der Waals surface area contributed by atoms with Gasteiger partial charge in [0.15, 0.2) is 0 Å². The molecule has 0 spiro atoms. The van der Waals surface area contributed by atoms with Gasteiger partial charge in [0.05, 0.1) is 6.04 Å². The number of amides is 1. The van der Waals surface area contributed by atoms with Gasteiger partial charge in [-0.2, -0.15) is 0 Å². The van der Waals surface area contributed by atoms with Crippen LogP contribution in [0.5, 0.6) is 0 Å². The van der Waals surface area contributed by atoms with Gasteiger partial charge in [-0.25, -0.2) is 0 Å². The topological polar surface area (TPSA) is 44.4 Å². The molecule has 0 aromatic carbocycles. The highest BCUT2D eigenvalue weighted by molar-refractivity contribution is 5.81. The van der Waals surface area contributed by atoms with E-state index in [1.165, 1.54) is 0 Å². The minimum Gasteiger partial charge on any atom is -0.354 e. The van der Waals surface area contributed by atoms with E-state index in [-0.39, 0.29) is 11.9 Å². The first kappa shape index (κ1) is 17.4. The molecular weight excluding hydrogens is 226 g/mol. The number of hydrogen-bond donors (Lipinski definition) is 2. The third kappa shape index (κ3) is 8.48. The summed E-state index contributed by atoms with van der Waals surface area (Å²) >= 11 is 0. The lowest BCUT2D eigenvalue weighted by Crippen LogP contribution is -2.44. The fourth-order valence-corrected chi connectivity index (χ4v) is 1.71. The van der Waals surface area contributed by atoms with Gasteiger partial charge in [0, 0.05) is 6.54 Å². The standard InChI is InChI=1S/C14H31N3O/c1-6-17(7-2)10-8-9-15-13(5)14(18)16-11-12(3)4/h12-13,15H,6-11H2,1-5H3,(H,16,18).